The van der Waals surface area contributed by atoms with E-state index < -0.39 is 0 Å². The Morgan fingerprint density at radius 1 is 0.509 bits per heavy atom. The molecule has 3 aromatic carbocycles. The van der Waals surface area contributed by atoms with Gasteiger partial charge in [0.1, 0.15) is 28.7 Å². The molecule has 9 heterocycles. The number of anilines is 6. The van der Waals surface area contributed by atoms with E-state index in [0.29, 0.717) is 0 Å². The quantitative estimate of drug-likeness (QED) is 0.169. The summed E-state index contributed by atoms with van der Waals surface area (Å²) in [4.78, 5) is 29.3. The SMILES string of the molecule is c1ccc(N2c3cccnc3B3c4c2cc(N(c2ccccn2)c2ccccn2)cc4-n2c4c3cccc4c3c4cccnc4n(-c4ccccn4)c32)cc1. The molecule has 0 bridgehead atoms. The van der Waals surface area contributed by atoms with Crippen LogP contribution in [0, 0.1) is 0 Å². The topological polar surface area (TPSA) is 80.8 Å². The number of fused-ring (bicyclic) bond motifs is 9. The molecule has 256 valence electrons. The third-order valence-electron chi connectivity index (χ3n) is 10.9. The number of rotatable bonds is 5. The fraction of sp³-hybridized carbons (Fsp3) is 0. The molecule has 0 radical (unpaired) electrons. The monoisotopic (exact) mass is 705 g/mol. The van der Waals surface area contributed by atoms with Crippen LogP contribution in [0.4, 0.5) is 34.4 Å². The highest BCUT2D eigenvalue weighted by atomic mass is 15.3. The maximum absolute atomic E-state index is 5.18. The van der Waals surface area contributed by atoms with E-state index in [1.807, 2.05) is 91.6 Å². The maximum Gasteiger partial charge on any atom is 0.275 e. The minimum Gasteiger partial charge on any atom is -0.310 e. The minimum absolute atomic E-state index is 0.128. The molecule has 0 N–H and O–H groups in total. The number of benzene rings is 3. The van der Waals surface area contributed by atoms with Crippen molar-refractivity contribution in [2.24, 2.45) is 0 Å². The maximum atomic E-state index is 5.18. The Balaban J connectivity index is 1.29. The van der Waals surface area contributed by atoms with Crippen LogP contribution < -0.4 is 26.3 Å². The van der Waals surface area contributed by atoms with E-state index in [4.69, 9.17) is 24.9 Å². The largest absolute Gasteiger partial charge is 0.310 e. The van der Waals surface area contributed by atoms with Crippen molar-refractivity contribution in [2.75, 3.05) is 9.80 Å². The number of hydrogen-bond acceptors (Lipinski definition) is 7. The molecule has 0 unspecified atom stereocenters. The average molecular weight is 706 g/mol. The zero-order valence-electron chi connectivity index (χ0n) is 29.3. The first-order valence-electron chi connectivity index (χ1n) is 18.3. The Kier molecular flexibility index (Phi) is 6.24. The third kappa shape index (κ3) is 4.16. The first kappa shape index (κ1) is 29.9. The lowest BCUT2D eigenvalue weighted by molar-refractivity contribution is 1.01. The minimum atomic E-state index is -0.128. The summed E-state index contributed by atoms with van der Waals surface area (Å²) in [6.45, 7) is -0.128. The van der Waals surface area contributed by atoms with Gasteiger partial charge in [-0.25, -0.2) is 19.9 Å². The van der Waals surface area contributed by atoms with Crippen LogP contribution >= 0.6 is 0 Å². The zero-order valence-corrected chi connectivity index (χ0v) is 29.3. The molecule has 55 heavy (non-hydrogen) atoms. The van der Waals surface area contributed by atoms with Gasteiger partial charge in [0.25, 0.3) is 6.71 Å². The highest BCUT2D eigenvalue weighted by Gasteiger charge is 2.44. The Morgan fingerprint density at radius 2 is 1.20 bits per heavy atom. The van der Waals surface area contributed by atoms with Gasteiger partial charge in [-0.05, 0) is 95.9 Å². The van der Waals surface area contributed by atoms with Crippen molar-refractivity contribution in [1.82, 2.24) is 34.1 Å². The fourth-order valence-electron chi connectivity index (χ4n) is 8.87. The Morgan fingerprint density at radius 3 is 1.96 bits per heavy atom. The summed E-state index contributed by atoms with van der Waals surface area (Å²) in [5, 5.41) is 3.37. The summed E-state index contributed by atoms with van der Waals surface area (Å²) in [7, 11) is 0. The van der Waals surface area contributed by atoms with Crippen molar-refractivity contribution in [2.45, 2.75) is 0 Å². The van der Waals surface area contributed by atoms with E-state index in [0.717, 1.165) is 84.5 Å². The highest BCUT2D eigenvalue weighted by molar-refractivity contribution is 7.00. The van der Waals surface area contributed by atoms with Gasteiger partial charge in [0, 0.05) is 69.8 Å². The molecule has 0 amide bonds. The summed E-state index contributed by atoms with van der Waals surface area (Å²) >= 11 is 0. The lowest BCUT2D eigenvalue weighted by Gasteiger charge is -2.40. The van der Waals surface area contributed by atoms with Crippen LogP contribution in [-0.4, -0.2) is 40.8 Å². The van der Waals surface area contributed by atoms with E-state index in [1.165, 1.54) is 10.9 Å². The summed E-state index contributed by atoms with van der Waals surface area (Å²) in [5.41, 5.74) is 11.5. The van der Waals surface area contributed by atoms with Gasteiger partial charge in [-0.2, -0.15) is 0 Å². The molecule has 12 rings (SSSR count). The van der Waals surface area contributed by atoms with E-state index in [-0.39, 0.29) is 6.71 Å². The molecule has 10 heteroatoms. The smallest absolute Gasteiger partial charge is 0.275 e. The van der Waals surface area contributed by atoms with Gasteiger partial charge in [0.2, 0.25) is 0 Å². The van der Waals surface area contributed by atoms with Crippen molar-refractivity contribution >= 4 is 90.6 Å². The number of hydrogen-bond donors (Lipinski definition) is 0. The van der Waals surface area contributed by atoms with Gasteiger partial charge in [0.15, 0.2) is 0 Å². The third-order valence-corrected chi connectivity index (χ3v) is 10.9. The van der Waals surface area contributed by atoms with Gasteiger partial charge in [-0.1, -0.05) is 54.6 Å². The Hall–Kier alpha value is -7.59. The summed E-state index contributed by atoms with van der Waals surface area (Å²) in [6, 6.07) is 48.3. The standard InChI is InChI=1S/C45H28BN9/c1-2-13-29(14-3-1)52-34-18-12-25-50-43(34)46-33-17-10-15-31-40-32-16-11-26-51-44(32)55(39-21-6-9-24-49-39)45(40)54(42(31)33)36-28-30(27-35(52)41(36)46)53(37-19-4-7-22-47-37)38-20-5-8-23-48-38/h1-28H. The zero-order chi connectivity index (χ0) is 36.0. The first-order chi connectivity index (χ1) is 27.3. The van der Waals surface area contributed by atoms with Gasteiger partial charge in [0.05, 0.1) is 16.9 Å². The number of para-hydroxylation sites is 2. The van der Waals surface area contributed by atoms with Crippen molar-refractivity contribution < 1.29 is 0 Å². The molecular weight excluding hydrogens is 677 g/mol. The van der Waals surface area contributed by atoms with E-state index in [2.05, 4.69) is 97.8 Å². The van der Waals surface area contributed by atoms with E-state index in [9.17, 15) is 0 Å². The summed E-state index contributed by atoms with van der Waals surface area (Å²) in [5.74, 6) is 2.33. The molecule has 9 nitrogen and oxygen atoms in total. The fourth-order valence-corrected chi connectivity index (χ4v) is 8.87. The van der Waals surface area contributed by atoms with Crippen molar-refractivity contribution in [3.8, 4) is 11.5 Å². The predicted molar refractivity (Wildman–Crippen MR) is 221 cm³/mol. The van der Waals surface area contributed by atoms with E-state index in [1.54, 1.807) is 0 Å². The molecule has 10 aromatic rings. The van der Waals surface area contributed by atoms with Crippen LogP contribution in [0.25, 0.3) is 44.5 Å². The highest BCUT2D eigenvalue weighted by Crippen LogP contribution is 2.46. The molecule has 7 aromatic heterocycles. The molecule has 0 atom stereocenters. The van der Waals surface area contributed by atoms with Crippen LogP contribution in [0.3, 0.4) is 0 Å². The van der Waals surface area contributed by atoms with E-state index >= 15 is 0 Å². The lowest BCUT2D eigenvalue weighted by Crippen LogP contribution is -2.61. The number of aromatic nitrogens is 7. The Labute approximate surface area is 315 Å². The second-order valence-corrected chi connectivity index (χ2v) is 13.8. The molecule has 0 saturated carbocycles. The average Bonchev–Trinajstić information content (AvgIpc) is 3.77. The molecule has 0 fully saturated rings. The molecule has 2 aliphatic heterocycles. The molecule has 0 aliphatic carbocycles. The van der Waals surface area contributed by atoms with Crippen LogP contribution in [0.2, 0.25) is 0 Å². The van der Waals surface area contributed by atoms with Gasteiger partial charge < -0.3 is 4.90 Å². The summed E-state index contributed by atoms with van der Waals surface area (Å²) < 4.78 is 4.66. The van der Waals surface area contributed by atoms with Gasteiger partial charge in [-0.15, -0.1) is 0 Å². The van der Waals surface area contributed by atoms with Crippen LogP contribution in [0.1, 0.15) is 0 Å². The van der Waals surface area contributed by atoms with Crippen LogP contribution in [0.5, 0.6) is 0 Å². The number of pyridine rings is 5. The van der Waals surface area contributed by atoms with Crippen LogP contribution in [-0.2, 0) is 0 Å². The second kappa shape index (κ2) is 11.5. The molecular formula is C45H28BN9. The van der Waals surface area contributed by atoms with Crippen molar-refractivity contribution in [1.29, 1.82) is 0 Å². The predicted octanol–water partition coefficient (Wildman–Crippen LogP) is 7.79. The summed E-state index contributed by atoms with van der Waals surface area (Å²) in [6.07, 6.45) is 9.28. The van der Waals surface area contributed by atoms with Crippen molar-refractivity contribution in [3.05, 3.63) is 171 Å². The molecule has 2 aliphatic rings. The Bertz CT molecular complexity index is 3070. The lowest BCUT2D eigenvalue weighted by atomic mass is 9.35. The van der Waals surface area contributed by atoms with Gasteiger partial charge in [-0.3, -0.25) is 19.0 Å². The number of nitrogens with zero attached hydrogens (tertiary/aromatic N) is 9. The van der Waals surface area contributed by atoms with Crippen molar-refractivity contribution in [3.63, 3.8) is 0 Å². The normalized spacial score (nSPS) is 12.7. The second-order valence-electron chi connectivity index (χ2n) is 13.8. The van der Waals surface area contributed by atoms with Gasteiger partial charge >= 0.3 is 0 Å². The van der Waals surface area contributed by atoms with Crippen LogP contribution in [0.15, 0.2) is 171 Å². The molecule has 0 saturated heterocycles. The molecule has 0 spiro atoms. The first-order valence-corrected chi connectivity index (χ1v) is 18.3.